The molecule has 0 heterocycles. The van der Waals surface area contributed by atoms with Crippen molar-refractivity contribution in [3.8, 4) is 17.6 Å². The predicted molar refractivity (Wildman–Crippen MR) is 62.2 cm³/mol. The summed E-state index contributed by atoms with van der Waals surface area (Å²) < 4.78 is 31.7. The highest BCUT2D eigenvalue weighted by molar-refractivity contribution is 5.40. The van der Waals surface area contributed by atoms with Crippen molar-refractivity contribution in [2.75, 3.05) is 0 Å². The van der Waals surface area contributed by atoms with Crippen LogP contribution in [0.2, 0.25) is 0 Å². The molecule has 0 spiro atoms. The van der Waals surface area contributed by atoms with Gasteiger partial charge in [-0.2, -0.15) is 5.26 Å². The summed E-state index contributed by atoms with van der Waals surface area (Å²) in [4.78, 5) is 0. The lowest BCUT2D eigenvalue weighted by molar-refractivity contribution is 0.436. The third kappa shape index (κ3) is 2.64. The first-order valence-corrected chi connectivity index (χ1v) is 5.28. The van der Waals surface area contributed by atoms with Crippen LogP contribution in [0.4, 0.5) is 8.78 Å². The summed E-state index contributed by atoms with van der Waals surface area (Å²) in [5.74, 6) is -0.619. The van der Waals surface area contributed by atoms with Crippen LogP contribution in [0.5, 0.6) is 11.5 Å². The molecule has 0 aliphatic rings. The molecule has 2 nitrogen and oxygen atoms in total. The van der Waals surface area contributed by atoms with Crippen LogP contribution in [-0.4, -0.2) is 0 Å². The first-order valence-electron chi connectivity index (χ1n) is 5.28. The van der Waals surface area contributed by atoms with Crippen molar-refractivity contribution in [2.24, 2.45) is 0 Å². The highest BCUT2D eigenvalue weighted by Crippen LogP contribution is 2.28. The van der Waals surface area contributed by atoms with E-state index in [0.717, 1.165) is 0 Å². The average Bonchev–Trinajstić information content (AvgIpc) is 2.36. The number of ether oxygens (including phenoxy) is 1. The number of halogens is 2. The Labute approximate surface area is 103 Å². The molecule has 2 rings (SSSR count). The molecule has 2 aromatic carbocycles. The molecule has 0 saturated carbocycles. The van der Waals surface area contributed by atoms with E-state index in [9.17, 15) is 8.78 Å². The van der Waals surface area contributed by atoms with E-state index in [0.29, 0.717) is 11.3 Å². The first-order chi connectivity index (χ1) is 8.70. The fourth-order valence-electron chi connectivity index (χ4n) is 1.51. The topological polar surface area (TPSA) is 33.0 Å². The quantitative estimate of drug-likeness (QED) is 0.823. The summed E-state index contributed by atoms with van der Waals surface area (Å²) in [6, 6.07) is 11.6. The maximum Gasteiger partial charge on any atom is 0.167 e. The average molecular weight is 245 g/mol. The van der Waals surface area contributed by atoms with Crippen molar-refractivity contribution in [1.82, 2.24) is 0 Å². The minimum Gasteiger partial charge on any atom is -0.454 e. The van der Waals surface area contributed by atoms with Crippen LogP contribution in [-0.2, 0) is 6.42 Å². The molecule has 0 N–H and O–H groups in total. The lowest BCUT2D eigenvalue weighted by Crippen LogP contribution is -1.94. The van der Waals surface area contributed by atoms with E-state index in [1.54, 1.807) is 6.07 Å². The summed E-state index contributed by atoms with van der Waals surface area (Å²) in [6.07, 6.45) is 0.0499. The molecule has 0 radical (unpaired) electrons. The zero-order valence-electron chi connectivity index (χ0n) is 9.36. The highest BCUT2D eigenvalue weighted by Gasteiger charge is 2.10. The number of hydrogen-bond donors (Lipinski definition) is 0. The second-order valence-electron chi connectivity index (χ2n) is 3.62. The maximum atomic E-state index is 13.6. The molecule has 0 aromatic heterocycles. The third-order valence-electron chi connectivity index (χ3n) is 2.35. The number of benzene rings is 2. The van der Waals surface area contributed by atoms with Gasteiger partial charge in [-0.25, -0.2) is 8.78 Å². The van der Waals surface area contributed by atoms with Crippen molar-refractivity contribution in [3.05, 3.63) is 59.7 Å². The predicted octanol–water partition coefficient (Wildman–Crippen LogP) is 3.82. The van der Waals surface area contributed by atoms with E-state index < -0.39 is 11.6 Å². The number of hydrogen-bond acceptors (Lipinski definition) is 2. The van der Waals surface area contributed by atoms with Gasteiger partial charge in [0.2, 0.25) is 0 Å². The van der Waals surface area contributed by atoms with Crippen molar-refractivity contribution in [3.63, 3.8) is 0 Å². The van der Waals surface area contributed by atoms with Crippen molar-refractivity contribution < 1.29 is 13.5 Å². The van der Waals surface area contributed by atoms with Gasteiger partial charge in [0.15, 0.2) is 11.6 Å². The highest BCUT2D eigenvalue weighted by atomic mass is 19.1. The van der Waals surface area contributed by atoms with Crippen molar-refractivity contribution in [1.29, 1.82) is 5.26 Å². The van der Waals surface area contributed by atoms with E-state index in [2.05, 4.69) is 0 Å². The summed E-state index contributed by atoms with van der Waals surface area (Å²) in [5, 5.41) is 8.66. The number of nitrogens with zero attached hydrogens (tertiary/aromatic N) is 1. The minimum absolute atomic E-state index is 0.00524. The number of rotatable bonds is 3. The summed E-state index contributed by atoms with van der Waals surface area (Å²) in [5.41, 5.74) is 0.460. The molecular formula is C14H9F2NO. The van der Waals surface area contributed by atoms with Gasteiger partial charge in [0.05, 0.1) is 12.5 Å². The zero-order chi connectivity index (χ0) is 13.0. The normalized spacial score (nSPS) is 9.83. The molecule has 0 bridgehead atoms. The Morgan fingerprint density at radius 3 is 2.44 bits per heavy atom. The van der Waals surface area contributed by atoms with Crippen LogP contribution in [0.1, 0.15) is 5.56 Å². The van der Waals surface area contributed by atoms with Crippen LogP contribution >= 0.6 is 0 Å². The van der Waals surface area contributed by atoms with Crippen LogP contribution in [0.15, 0.2) is 42.5 Å². The third-order valence-corrected chi connectivity index (χ3v) is 2.35. The molecule has 18 heavy (non-hydrogen) atoms. The van der Waals surface area contributed by atoms with Gasteiger partial charge in [-0.15, -0.1) is 0 Å². The summed E-state index contributed by atoms with van der Waals surface area (Å²) >= 11 is 0. The van der Waals surface area contributed by atoms with Gasteiger partial charge in [-0.3, -0.25) is 0 Å². The molecule has 0 amide bonds. The molecule has 0 atom stereocenters. The molecule has 0 unspecified atom stereocenters. The molecule has 0 aliphatic heterocycles. The van der Waals surface area contributed by atoms with E-state index in [1.807, 2.05) is 6.07 Å². The minimum atomic E-state index is -0.549. The zero-order valence-corrected chi connectivity index (χ0v) is 9.36. The first kappa shape index (κ1) is 12.1. The number of para-hydroxylation sites is 1. The largest absolute Gasteiger partial charge is 0.454 e. The maximum absolute atomic E-state index is 13.6. The van der Waals surface area contributed by atoms with Crippen LogP contribution in [0, 0.1) is 23.0 Å². The fourth-order valence-corrected chi connectivity index (χ4v) is 1.51. The smallest absolute Gasteiger partial charge is 0.167 e. The van der Waals surface area contributed by atoms with Crippen molar-refractivity contribution >= 4 is 0 Å². The Bertz CT molecular complexity index is 588. The summed E-state index contributed by atoms with van der Waals surface area (Å²) in [6.45, 7) is 0. The lowest BCUT2D eigenvalue weighted by Gasteiger charge is -2.10. The van der Waals surface area contributed by atoms with Crippen molar-refractivity contribution in [2.45, 2.75) is 6.42 Å². The standard InChI is InChI=1S/C14H9F2NO/c15-11-4-6-12(7-5-11)18-14-10(8-9-17)2-1-3-13(14)16/h1-7H,8H2. The van der Waals surface area contributed by atoms with Gasteiger partial charge in [0.25, 0.3) is 0 Å². The number of nitriles is 1. The van der Waals surface area contributed by atoms with Crippen LogP contribution in [0.25, 0.3) is 0 Å². The van der Waals surface area contributed by atoms with Crippen LogP contribution in [0.3, 0.4) is 0 Å². The molecular weight excluding hydrogens is 236 g/mol. The van der Waals surface area contributed by atoms with E-state index in [-0.39, 0.29) is 12.2 Å². The molecule has 0 fully saturated rings. The Hall–Kier alpha value is -2.41. The van der Waals surface area contributed by atoms with Gasteiger partial charge in [0.1, 0.15) is 11.6 Å². The van der Waals surface area contributed by atoms with E-state index >= 15 is 0 Å². The second kappa shape index (κ2) is 5.28. The Kier molecular flexibility index (Phi) is 3.54. The van der Waals surface area contributed by atoms with Crippen LogP contribution < -0.4 is 4.74 Å². The SMILES string of the molecule is N#CCc1cccc(F)c1Oc1ccc(F)cc1. The van der Waals surface area contributed by atoms with Gasteiger partial charge in [-0.1, -0.05) is 12.1 Å². The molecule has 90 valence electrons. The van der Waals surface area contributed by atoms with Gasteiger partial charge in [0, 0.05) is 5.56 Å². The Morgan fingerprint density at radius 1 is 1.06 bits per heavy atom. The van der Waals surface area contributed by atoms with E-state index in [1.165, 1.54) is 36.4 Å². The lowest BCUT2D eigenvalue weighted by atomic mass is 10.1. The molecule has 0 aliphatic carbocycles. The molecule has 2 aromatic rings. The monoisotopic (exact) mass is 245 g/mol. The van der Waals surface area contributed by atoms with Gasteiger partial charge < -0.3 is 4.74 Å². The van der Waals surface area contributed by atoms with Gasteiger partial charge >= 0.3 is 0 Å². The Balaban J connectivity index is 2.33. The Morgan fingerprint density at radius 2 is 1.78 bits per heavy atom. The van der Waals surface area contributed by atoms with Gasteiger partial charge in [-0.05, 0) is 30.3 Å². The molecule has 0 saturated heterocycles. The molecule has 4 heteroatoms. The second-order valence-corrected chi connectivity index (χ2v) is 3.62. The fraction of sp³-hybridized carbons (Fsp3) is 0.0714. The summed E-state index contributed by atoms with van der Waals surface area (Å²) in [7, 11) is 0. The van der Waals surface area contributed by atoms with E-state index in [4.69, 9.17) is 10.00 Å².